The summed E-state index contributed by atoms with van der Waals surface area (Å²) in [5.41, 5.74) is 5.69. The maximum Gasteiger partial charge on any atom is 0.201 e. The van der Waals surface area contributed by atoms with Gasteiger partial charge in [-0.2, -0.15) is 5.10 Å². The molecule has 0 unspecified atom stereocenters. The second-order valence-electron chi connectivity index (χ2n) is 2.40. The Labute approximate surface area is 92.1 Å². The number of nitrogens with zero attached hydrogens (tertiary/aromatic N) is 1. The van der Waals surface area contributed by atoms with E-state index in [0.717, 1.165) is 5.56 Å². The van der Waals surface area contributed by atoms with Crippen molar-refractivity contribution in [2.24, 2.45) is 10.9 Å². The molecule has 0 spiro atoms. The molecule has 0 aliphatic rings. The molecule has 1 aromatic carbocycles. The highest BCUT2D eigenvalue weighted by atomic mass is 35.5. The molecule has 0 bridgehead atoms. The molecule has 0 heterocycles. The maximum atomic E-state index is 5.71. The van der Waals surface area contributed by atoms with Crippen LogP contribution >= 0.6 is 23.8 Å². The topological polar surface area (TPSA) is 62.4 Å². The summed E-state index contributed by atoms with van der Waals surface area (Å²) in [6, 6.07) is 7.24. The third-order valence-electron chi connectivity index (χ3n) is 1.38. The molecule has 0 aromatic heterocycles. The first-order valence-corrected chi connectivity index (χ1v) is 4.56. The van der Waals surface area contributed by atoms with Crippen molar-refractivity contribution in [2.45, 2.75) is 0 Å². The van der Waals surface area contributed by atoms with Crippen LogP contribution in [0.1, 0.15) is 5.56 Å². The lowest BCUT2D eigenvalue weighted by Crippen LogP contribution is -2.37. The molecule has 0 radical (unpaired) electrons. The van der Waals surface area contributed by atoms with Gasteiger partial charge in [0.25, 0.3) is 0 Å². The SMILES string of the molecule is NNC(=S)N/N=C/c1ccc(Cl)cc1. The number of halogens is 1. The molecule has 0 saturated carbocycles. The van der Waals surface area contributed by atoms with Gasteiger partial charge in [-0.25, -0.2) is 5.84 Å². The molecule has 0 aliphatic heterocycles. The Bertz CT molecular complexity index is 336. The normalized spacial score (nSPS) is 10.1. The molecule has 0 saturated heterocycles. The minimum Gasteiger partial charge on any atom is -0.300 e. The van der Waals surface area contributed by atoms with Crippen LogP contribution in [0.25, 0.3) is 0 Å². The van der Waals surface area contributed by atoms with Gasteiger partial charge in [0.2, 0.25) is 5.11 Å². The first-order valence-electron chi connectivity index (χ1n) is 3.77. The van der Waals surface area contributed by atoms with Gasteiger partial charge < -0.3 is 0 Å². The third kappa shape index (κ3) is 3.69. The van der Waals surface area contributed by atoms with Crippen LogP contribution in [0, 0.1) is 0 Å². The minimum atomic E-state index is 0.259. The Balaban J connectivity index is 2.52. The number of nitrogens with two attached hydrogens (primary N) is 1. The van der Waals surface area contributed by atoms with Crippen molar-refractivity contribution in [3.8, 4) is 0 Å². The van der Waals surface area contributed by atoms with E-state index in [9.17, 15) is 0 Å². The van der Waals surface area contributed by atoms with Gasteiger partial charge in [0, 0.05) is 5.02 Å². The van der Waals surface area contributed by atoms with E-state index in [1.54, 1.807) is 18.3 Å². The van der Waals surface area contributed by atoms with Crippen molar-refractivity contribution in [1.29, 1.82) is 0 Å². The van der Waals surface area contributed by atoms with Gasteiger partial charge in [-0.1, -0.05) is 23.7 Å². The van der Waals surface area contributed by atoms with E-state index >= 15 is 0 Å². The Morgan fingerprint density at radius 1 is 1.43 bits per heavy atom. The van der Waals surface area contributed by atoms with Gasteiger partial charge in [0.15, 0.2) is 0 Å². The lowest BCUT2D eigenvalue weighted by atomic mass is 10.2. The molecule has 4 N–H and O–H groups in total. The van der Waals surface area contributed by atoms with Crippen LogP contribution in [0.15, 0.2) is 29.4 Å². The number of hydrazine groups is 1. The predicted octanol–water partition coefficient (Wildman–Crippen LogP) is 1.01. The van der Waals surface area contributed by atoms with Crippen molar-refractivity contribution < 1.29 is 0 Å². The first-order chi connectivity index (χ1) is 6.72. The number of hydrogen-bond acceptors (Lipinski definition) is 3. The van der Waals surface area contributed by atoms with Crippen LogP contribution in [0.3, 0.4) is 0 Å². The standard InChI is InChI=1S/C8H9ClN4S/c9-7-3-1-6(2-4-7)5-11-13-8(14)12-10/h1-5H,10H2,(H2,12,13,14)/b11-5+. The maximum absolute atomic E-state index is 5.71. The summed E-state index contributed by atoms with van der Waals surface area (Å²) in [7, 11) is 0. The van der Waals surface area contributed by atoms with Crippen LogP contribution in [0.5, 0.6) is 0 Å². The van der Waals surface area contributed by atoms with Gasteiger partial charge in [0.1, 0.15) is 0 Å². The van der Waals surface area contributed by atoms with Crippen molar-refractivity contribution in [3.05, 3.63) is 34.9 Å². The van der Waals surface area contributed by atoms with E-state index in [4.69, 9.17) is 29.7 Å². The Hall–Kier alpha value is -1.17. The van der Waals surface area contributed by atoms with E-state index in [0.29, 0.717) is 5.02 Å². The number of nitrogens with one attached hydrogen (secondary N) is 2. The highest BCUT2D eigenvalue weighted by Gasteiger charge is 1.88. The zero-order valence-electron chi connectivity index (χ0n) is 7.20. The van der Waals surface area contributed by atoms with Crippen molar-refractivity contribution in [2.75, 3.05) is 0 Å². The fraction of sp³-hybridized carbons (Fsp3) is 0. The smallest absolute Gasteiger partial charge is 0.201 e. The zero-order chi connectivity index (χ0) is 10.4. The number of benzene rings is 1. The molecule has 6 heteroatoms. The summed E-state index contributed by atoms with van der Waals surface area (Å²) in [6.45, 7) is 0. The van der Waals surface area contributed by atoms with Crippen LogP contribution in [-0.4, -0.2) is 11.3 Å². The fourth-order valence-electron chi connectivity index (χ4n) is 0.747. The summed E-state index contributed by atoms with van der Waals surface area (Å²) in [5.74, 6) is 5.03. The predicted molar refractivity (Wildman–Crippen MR) is 62.1 cm³/mol. The van der Waals surface area contributed by atoms with Gasteiger partial charge in [-0.15, -0.1) is 0 Å². The highest BCUT2D eigenvalue weighted by Crippen LogP contribution is 2.07. The van der Waals surface area contributed by atoms with Gasteiger partial charge in [-0.3, -0.25) is 10.9 Å². The van der Waals surface area contributed by atoms with E-state index in [1.807, 2.05) is 12.1 Å². The summed E-state index contributed by atoms with van der Waals surface area (Å²) in [5, 5.41) is 4.79. The van der Waals surface area contributed by atoms with Crippen LogP contribution in [-0.2, 0) is 0 Å². The minimum absolute atomic E-state index is 0.259. The molecule has 1 aromatic rings. The molecule has 74 valence electrons. The largest absolute Gasteiger partial charge is 0.300 e. The quantitative estimate of drug-likeness (QED) is 0.306. The molecule has 4 nitrogen and oxygen atoms in total. The molecular weight excluding hydrogens is 220 g/mol. The number of hydrogen-bond donors (Lipinski definition) is 3. The summed E-state index contributed by atoms with van der Waals surface area (Å²) < 4.78 is 0. The average molecular weight is 229 g/mol. The van der Waals surface area contributed by atoms with Crippen molar-refractivity contribution in [1.82, 2.24) is 10.9 Å². The average Bonchev–Trinajstić information content (AvgIpc) is 2.21. The Morgan fingerprint density at radius 2 is 2.07 bits per heavy atom. The highest BCUT2D eigenvalue weighted by molar-refractivity contribution is 7.80. The molecule has 0 atom stereocenters. The molecule has 14 heavy (non-hydrogen) atoms. The number of thiocarbonyl (C=S) groups is 1. The molecule has 1 rings (SSSR count). The number of rotatable bonds is 2. The lowest BCUT2D eigenvalue weighted by molar-refractivity contribution is 0.930. The second kappa shape index (κ2) is 5.54. The second-order valence-corrected chi connectivity index (χ2v) is 3.24. The number of hydrazone groups is 1. The van der Waals surface area contributed by atoms with E-state index < -0.39 is 0 Å². The van der Waals surface area contributed by atoms with Crippen LogP contribution < -0.4 is 16.7 Å². The molecular formula is C8H9ClN4S. The van der Waals surface area contributed by atoms with Gasteiger partial charge in [0.05, 0.1) is 6.21 Å². The summed E-state index contributed by atoms with van der Waals surface area (Å²) in [6.07, 6.45) is 1.61. The Morgan fingerprint density at radius 3 is 2.64 bits per heavy atom. The van der Waals surface area contributed by atoms with Crippen molar-refractivity contribution in [3.63, 3.8) is 0 Å². The van der Waals surface area contributed by atoms with E-state index in [2.05, 4.69) is 16.0 Å². The summed E-state index contributed by atoms with van der Waals surface area (Å²) in [4.78, 5) is 0. The lowest BCUT2D eigenvalue weighted by Gasteiger charge is -1.99. The monoisotopic (exact) mass is 228 g/mol. The Kier molecular flexibility index (Phi) is 4.31. The van der Waals surface area contributed by atoms with Gasteiger partial charge in [-0.05, 0) is 29.9 Å². The van der Waals surface area contributed by atoms with E-state index in [-0.39, 0.29) is 5.11 Å². The zero-order valence-corrected chi connectivity index (χ0v) is 8.77. The fourth-order valence-corrected chi connectivity index (χ4v) is 0.925. The van der Waals surface area contributed by atoms with Crippen LogP contribution in [0.4, 0.5) is 0 Å². The van der Waals surface area contributed by atoms with Crippen molar-refractivity contribution >= 4 is 35.1 Å². The first kappa shape index (κ1) is 10.9. The third-order valence-corrected chi connectivity index (χ3v) is 1.84. The molecule has 0 aliphatic carbocycles. The molecule has 0 fully saturated rings. The molecule has 0 amide bonds. The van der Waals surface area contributed by atoms with E-state index in [1.165, 1.54) is 0 Å². The summed E-state index contributed by atoms with van der Waals surface area (Å²) >= 11 is 10.4. The van der Waals surface area contributed by atoms with Crippen LogP contribution in [0.2, 0.25) is 5.02 Å². The van der Waals surface area contributed by atoms with Gasteiger partial charge >= 0.3 is 0 Å².